The molecule has 0 saturated heterocycles. The van der Waals surface area contributed by atoms with Crippen LogP contribution in [-0.4, -0.2) is 24.6 Å². The number of nitrogens with zero attached hydrogens (tertiary/aromatic N) is 1. The molecule has 3 aromatic rings. The average Bonchev–Trinajstić information content (AvgIpc) is 2.94. The molecule has 1 aromatic heterocycles. The molecule has 7 heteroatoms. The van der Waals surface area contributed by atoms with Gasteiger partial charge in [0.15, 0.2) is 23.2 Å². The standard InChI is InChI=1S/C16H13BrN2O3S/c1-21-12-4-2-3-5-13(12)22-9-15(20)19-16-18-11-7-6-10(17)8-14(11)23-16/h2-8H,9H2,1H3,(H,18,19,20). The highest BCUT2D eigenvalue weighted by Crippen LogP contribution is 2.29. The molecule has 0 bridgehead atoms. The second-order valence-electron chi connectivity index (χ2n) is 4.62. The first kappa shape index (κ1) is 15.8. The SMILES string of the molecule is COc1ccccc1OCC(=O)Nc1nc2ccc(Br)cc2s1. The summed E-state index contributed by atoms with van der Waals surface area (Å²) >= 11 is 4.83. The Hall–Kier alpha value is -2.12. The van der Waals surface area contributed by atoms with Crippen LogP contribution in [0, 0.1) is 0 Å². The van der Waals surface area contributed by atoms with Crippen molar-refractivity contribution in [3.8, 4) is 11.5 Å². The zero-order valence-electron chi connectivity index (χ0n) is 12.2. The molecule has 1 heterocycles. The molecule has 3 rings (SSSR count). The van der Waals surface area contributed by atoms with Crippen LogP contribution in [0.1, 0.15) is 0 Å². The van der Waals surface area contributed by atoms with Crippen LogP contribution in [0.25, 0.3) is 10.2 Å². The highest BCUT2D eigenvalue weighted by atomic mass is 79.9. The molecule has 0 radical (unpaired) electrons. The van der Waals surface area contributed by atoms with E-state index < -0.39 is 0 Å². The van der Waals surface area contributed by atoms with Gasteiger partial charge in [-0.05, 0) is 30.3 Å². The van der Waals surface area contributed by atoms with Crippen LogP contribution < -0.4 is 14.8 Å². The van der Waals surface area contributed by atoms with Gasteiger partial charge in [0.1, 0.15) is 0 Å². The van der Waals surface area contributed by atoms with Crippen molar-refractivity contribution < 1.29 is 14.3 Å². The molecule has 0 fully saturated rings. The Labute approximate surface area is 145 Å². The zero-order chi connectivity index (χ0) is 16.2. The summed E-state index contributed by atoms with van der Waals surface area (Å²) < 4.78 is 12.6. The van der Waals surface area contributed by atoms with Crippen molar-refractivity contribution in [2.24, 2.45) is 0 Å². The number of rotatable bonds is 5. The van der Waals surface area contributed by atoms with Gasteiger partial charge in [0.05, 0.1) is 17.3 Å². The maximum Gasteiger partial charge on any atom is 0.264 e. The van der Waals surface area contributed by atoms with E-state index in [-0.39, 0.29) is 12.5 Å². The van der Waals surface area contributed by atoms with Crippen LogP contribution in [0.15, 0.2) is 46.9 Å². The minimum Gasteiger partial charge on any atom is -0.493 e. The van der Waals surface area contributed by atoms with Crippen molar-refractivity contribution in [3.63, 3.8) is 0 Å². The van der Waals surface area contributed by atoms with Crippen LogP contribution in [-0.2, 0) is 4.79 Å². The topological polar surface area (TPSA) is 60.5 Å². The highest BCUT2D eigenvalue weighted by molar-refractivity contribution is 9.10. The largest absolute Gasteiger partial charge is 0.493 e. The molecular weight excluding hydrogens is 380 g/mol. The van der Waals surface area contributed by atoms with Crippen molar-refractivity contribution in [2.75, 3.05) is 19.0 Å². The summed E-state index contributed by atoms with van der Waals surface area (Å²) in [7, 11) is 1.56. The first-order chi connectivity index (χ1) is 11.2. The summed E-state index contributed by atoms with van der Waals surface area (Å²) in [4.78, 5) is 16.4. The van der Waals surface area contributed by atoms with Crippen molar-refractivity contribution in [3.05, 3.63) is 46.9 Å². The van der Waals surface area contributed by atoms with E-state index in [1.807, 2.05) is 30.3 Å². The van der Waals surface area contributed by atoms with E-state index in [0.717, 1.165) is 14.7 Å². The smallest absolute Gasteiger partial charge is 0.264 e. The third kappa shape index (κ3) is 3.80. The van der Waals surface area contributed by atoms with E-state index in [4.69, 9.17) is 9.47 Å². The maximum absolute atomic E-state index is 12.0. The zero-order valence-corrected chi connectivity index (χ0v) is 14.6. The number of carbonyl (C=O) groups is 1. The number of anilines is 1. The molecule has 0 spiro atoms. The van der Waals surface area contributed by atoms with Gasteiger partial charge in [-0.15, -0.1) is 0 Å². The van der Waals surface area contributed by atoms with Crippen molar-refractivity contribution >= 4 is 48.5 Å². The van der Waals surface area contributed by atoms with Gasteiger partial charge in [0, 0.05) is 4.47 Å². The number of hydrogen-bond acceptors (Lipinski definition) is 5. The lowest BCUT2D eigenvalue weighted by atomic mass is 10.3. The Morgan fingerprint density at radius 2 is 2.04 bits per heavy atom. The van der Waals surface area contributed by atoms with Crippen molar-refractivity contribution in [1.82, 2.24) is 4.98 Å². The van der Waals surface area contributed by atoms with Crippen LogP contribution in [0.4, 0.5) is 5.13 Å². The fourth-order valence-electron chi connectivity index (χ4n) is 1.99. The summed E-state index contributed by atoms with van der Waals surface area (Å²) in [6, 6.07) is 13.0. The Bertz CT molecular complexity index is 850. The third-order valence-corrected chi connectivity index (χ3v) is 4.45. The van der Waals surface area contributed by atoms with Gasteiger partial charge in [0.2, 0.25) is 0 Å². The number of fused-ring (bicyclic) bond motifs is 1. The van der Waals surface area contributed by atoms with Crippen molar-refractivity contribution in [2.45, 2.75) is 0 Å². The van der Waals surface area contributed by atoms with Crippen LogP contribution in [0.3, 0.4) is 0 Å². The average molecular weight is 393 g/mol. The quantitative estimate of drug-likeness (QED) is 0.710. The Morgan fingerprint density at radius 3 is 2.83 bits per heavy atom. The normalized spacial score (nSPS) is 10.5. The molecule has 1 amide bonds. The van der Waals surface area contributed by atoms with Gasteiger partial charge >= 0.3 is 0 Å². The summed E-state index contributed by atoms with van der Waals surface area (Å²) in [6.07, 6.45) is 0. The number of halogens is 1. The van der Waals surface area contributed by atoms with Gasteiger partial charge in [-0.2, -0.15) is 0 Å². The third-order valence-electron chi connectivity index (χ3n) is 3.02. The maximum atomic E-state index is 12.0. The molecule has 0 saturated carbocycles. The number of methoxy groups -OCH3 is 1. The fraction of sp³-hybridized carbons (Fsp3) is 0.125. The number of ether oxygens (including phenoxy) is 2. The summed E-state index contributed by atoms with van der Waals surface area (Å²) in [5, 5.41) is 3.29. The van der Waals surface area contributed by atoms with Gasteiger partial charge in [0.25, 0.3) is 5.91 Å². The van der Waals surface area contributed by atoms with Gasteiger partial charge < -0.3 is 9.47 Å². The second kappa shape index (κ2) is 6.97. The van der Waals surface area contributed by atoms with E-state index in [1.165, 1.54) is 11.3 Å². The molecular formula is C16H13BrN2O3S. The minimum absolute atomic E-state index is 0.111. The molecule has 0 atom stereocenters. The molecule has 118 valence electrons. The molecule has 0 aliphatic rings. The predicted octanol–water partition coefficient (Wildman–Crippen LogP) is 4.08. The van der Waals surface area contributed by atoms with Gasteiger partial charge in [-0.25, -0.2) is 4.98 Å². The Balaban J connectivity index is 1.64. The minimum atomic E-state index is -0.269. The summed E-state index contributed by atoms with van der Waals surface area (Å²) in [5.41, 5.74) is 0.846. The summed E-state index contributed by atoms with van der Waals surface area (Å²) in [6.45, 7) is -0.111. The lowest BCUT2D eigenvalue weighted by Crippen LogP contribution is -2.20. The molecule has 23 heavy (non-hydrogen) atoms. The fourth-order valence-corrected chi connectivity index (χ4v) is 3.42. The number of amides is 1. The number of para-hydroxylation sites is 2. The lowest BCUT2D eigenvalue weighted by molar-refractivity contribution is -0.118. The van der Waals surface area contributed by atoms with E-state index >= 15 is 0 Å². The molecule has 0 aliphatic carbocycles. The lowest BCUT2D eigenvalue weighted by Gasteiger charge is -2.09. The first-order valence-electron chi connectivity index (χ1n) is 6.77. The number of hydrogen-bond donors (Lipinski definition) is 1. The number of nitrogens with one attached hydrogen (secondary N) is 1. The highest BCUT2D eigenvalue weighted by Gasteiger charge is 2.10. The Morgan fingerprint density at radius 1 is 1.26 bits per heavy atom. The summed E-state index contributed by atoms with van der Waals surface area (Å²) in [5.74, 6) is 0.845. The second-order valence-corrected chi connectivity index (χ2v) is 6.57. The van der Waals surface area contributed by atoms with Crippen LogP contribution in [0.5, 0.6) is 11.5 Å². The van der Waals surface area contributed by atoms with E-state index in [9.17, 15) is 4.79 Å². The van der Waals surface area contributed by atoms with E-state index in [0.29, 0.717) is 16.6 Å². The van der Waals surface area contributed by atoms with E-state index in [1.54, 1.807) is 19.2 Å². The molecule has 2 aromatic carbocycles. The Kier molecular flexibility index (Phi) is 4.78. The molecule has 0 aliphatic heterocycles. The monoisotopic (exact) mass is 392 g/mol. The van der Waals surface area contributed by atoms with Crippen molar-refractivity contribution in [1.29, 1.82) is 0 Å². The number of aromatic nitrogens is 1. The number of thiazole rings is 1. The van der Waals surface area contributed by atoms with E-state index in [2.05, 4.69) is 26.2 Å². The van der Waals surface area contributed by atoms with Crippen LogP contribution in [0.2, 0.25) is 0 Å². The first-order valence-corrected chi connectivity index (χ1v) is 8.38. The molecule has 1 N–H and O–H groups in total. The predicted molar refractivity (Wildman–Crippen MR) is 94.4 cm³/mol. The van der Waals surface area contributed by atoms with Crippen LogP contribution >= 0.6 is 27.3 Å². The molecule has 5 nitrogen and oxygen atoms in total. The van der Waals surface area contributed by atoms with Gasteiger partial charge in [-0.3, -0.25) is 10.1 Å². The van der Waals surface area contributed by atoms with Gasteiger partial charge in [-0.1, -0.05) is 39.4 Å². The molecule has 0 unspecified atom stereocenters. The number of benzene rings is 2. The number of carbonyl (C=O) groups excluding carboxylic acids is 1.